The van der Waals surface area contributed by atoms with Crippen molar-refractivity contribution in [2.45, 2.75) is 104 Å². The lowest BCUT2D eigenvalue weighted by Gasteiger charge is -2.28. The van der Waals surface area contributed by atoms with Crippen LogP contribution in [0.1, 0.15) is 91.1 Å². The molecule has 1 atom stereocenters. The van der Waals surface area contributed by atoms with Crippen molar-refractivity contribution in [2.24, 2.45) is 0 Å². The third-order valence-electron chi connectivity index (χ3n) is 5.60. The molecule has 13 nitrogen and oxygen atoms in total. The zero-order valence-corrected chi connectivity index (χ0v) is 24.5. The van der Waals surface area contributed by atoms with E-state index in [1.54, 1.807) is 48.5 Å². The lowest BCUT2D eigenvalue weighted by Crippen LogP contribution is -2.44. The summed E-state index contributed by atoms with van der Waals surface area (Å²) in [6.07, 6.45) is 2.78. The fraction of sp³-hybridized carbons (Fsp3) is 0.667. The number of Topliss-reactive ketones (excluding diaryl/α,β-unsaturated/α-hetero) is 1. The molecular formula is C27H39N5O8. The number of methoxy groups -OCH3 is 1. The lowest BCUT2D eigenvalue weighted by molar-refractivity contribution is -0.0542. The van der Waals surface area contributed by atoms with Crippen molar-refractivity contribution in [3.05, 3.63) is 11.9 Å². The highest BCUT2D eigenvalue weighted by Gasteiger charge is 2.36. The highest BCUT2D eigenvalue weighted by atomic mass is 16.7. The van der Waals surface area contributed by atoms with Gasteiger partial charge in [-0.25, -0.2) is 19.6 Å². The minimum absolute atomic E-state index is 0.00920. The number of hydrogen-bond acceptors (Lipinski definition) is 12. The number of nitrogens with zero attached hydrogens (tertiary/aromatic N) is 5. The third-order valence-corrected chi connectivity index (χ3v) is 5.60. The van der Waals surface area contributed by atoms with Crippen LogP contribution in [0.4, 0.5) is 15.5 Å². The van der Waals surface area contributed by atoms with Crippen molar-refractivity contribution in [1.29, 1.82) is 0 Å². The molecule has 0 spiro atoms. The van der Waals surface area contributed by atoms with Crippen LogP contribution in [0.2, 0.25) is 0 Å². The second-order valence-electron chi connectivity index (χ2n) is 11.5. The highest BCUT2D eigenvalue weighted by Crippen LogP contribution is 2.29. The van der Waals surface area contributed by atoms with E-state index < -0.39 is 35.3 Å². The van der Waals surface area contributed by atoms with Gasteiger partial charge in [0.1, 0.15) is 35.9 Å². The molecule has 0 bridgehead atoms. The summed E-state index contributed by atoms with van der Waals surface area (Å²) in [6, 6.07) is 0. The fourth-order valence-corrected chi connectivity index (χ4v) is 3.82. The Hall–Kier alpha value is -3.45. The van der Waals surface area contributed by atoms with Crippen LogP contribution in [-0.4, -0.2) is 75.2 Å². The fourth-order valence-electron chi connectivity index (χ4n) is 3.82. The van der Waals surface area contributed by atoms with E-state index in [0.717, 1.165) is 32.1 Å². The van der Waals surface area contributed by atoms with Crippen molar-refractivity contribution in [3.63, 3.8) is 0 Å². The summed E-state index contributed by atoms with van der Waals surface area (Å²) in [5.74, 6) is -0.799. The molecule has 2 aromatic rings. The molecule has 1 saturated carbocycles. The first kappa shape index (κ1) is 31.1. The van der Waals surface area contributed by atoms with Gasteiger partial charge in [-0.15, -0.1) is 4.90 Å². The number of fused-ring (bicyclic) bond motifs is 1. The first-order valence-electron chi connectivity index (χ1n) is 13.3. The Morgan fingerprint density at radius 2 is 1.55 bits per heavy atom. The summed E-state index contributed by atoms with van der Waals surface area (Å²) in [5, 5.41) is 0. The molecule has 40 heavy (non-hydrogen) atoms. The Bertz CT molecular complexity index is 1190. The van der Waals surface area contributed by atoms with Gasteiger partial charge in [-0.1, -0.05) is 6.42 Å². The molecule has 0 unspecified atom stereocenters. The van der Waals surface area contributed by atoms with Gasteiger partial charge < -0.3 is 23.7 Å². The number of ketones is 1. The molecule has 1 aliphatic rings. The zero-order valence-electron chi connectivity index (χ0n) is 24.5. The number of hydrogen-bond donors (Lipinski definition) is 0. The van der Waals surface area contributed by atoms with Crippen molar-refractivity contribution in [2.75, 3.05) is 18.8 Å². The molecule has 3 rings (SSSR count). The van der Waals surface area contributed by atoms with E-state index >= 15 is 0 Å². The minimum atomic E-state index is -1.03. The van der Waals surface area contributed by atoms with E-state index in [-0.39, 0.29) is 41.6 Å². The van der Waals surface area contributed by atoms with Gasteiger partial charge in [0, 0.05) is 7.11 Å². The maximum absolute atomic E-state index is 13.2. The second-order valence-corrected chi connectivity index (χ2v) is 11.5. The molecule has 2 heterocycles. The van der Waals surface area contributed by atoms with E-state index in [1.165, 1.54) is 13.3 Å². The monoisotopic (exact) mass is 561 g/mol. The lowest BCUT2D eigenvalue weighted by atomic mass is 9.98. The van der Waals surface area contributed by atoms with Gasteiger partial charge in [0.2, 0.25) is 17.6 Å². The largest absolute Gasteiger partial charge is 0.473 e. The summed E-state index contributed by atoms with van der Waals surface area (Å²) in [6.45, 7) is 11.5. The van der Waals surface area contributed by atoms with E-state index in [9.17, 15) is 14.4 Å². The second kappa shape index (κ2) is 12.8. The summed E-state index contributed by atoms with van der Waals surface area (Å²) < 4.78 is 27.4. The van der Waals surface area contributed by atoms with Gasteiger partial charge in [-0.3, -0.25) is 4.79 Å². The number of carbonyl (C=O) groups excluding carboxylic acids is 3. The van der Waals surface area contributed by atoms with Gasteiger partial charge in [0.25, 0.3) is 0 Å². The van der Waals surface area contributed by atoms with Crippen LogP contribution in [0.15, 0.2) is 6.20 Å². The number of amides is 2. The molecule has 2 amide bonds. The van der Waals surface area contributed by atoms with Crippen LogP contribution in [-0.2, 0) is 18.9 Å². The van der Waals surface area contributed by atoms with E-state index in [0.29, 0.717) is 4.90 Å². The van der Waals surface area contributed by atoms with E-state index in [1.807, 2.05) is 0 Å². The van der Waals surface area contributed by atoms with Crippen molar-refractivity contribution >= 4 is 35.1 Å². The molecular weight excluding hydrogens is 522 g/mol. The first-order chi connectivity index (χ1) is 18.7. The molecule has 2 aromatic heterocycles. The maximum atomic E-state index is 13.2. The summed E-state index contributed by atoms with van der Waals surface area (Å²) in [7, 11) is 1.45. The van der Waals surface area contributed by atoms with Crippen LogP contribution in [0, 0.1) is 0 Å². The van der Waals surface area contributed by atoms with Gasteiger partial charge >= 0.3 is 12.2 Å². The molecule has 220 valence electrons. The number of carbonyl (C=O) groups is 3. The topological polar surface area (TPSA) is 152 Å². The Morgan fingerprint density at radius 1 is 0.950 bits per heavy atom. The third kappa shape index (κ3) is 8.52. The van der Waals surface area contributed by atoms with Crippen LogP contribution in [0.5, 0.6) is 5.88 Å². The zero-order chi connectivity index (χ0) is 29.7. The quantitative estimate of drug-likeness (QED) is 0.315. The maximum Gasteiger partial charge on any atom is 0.427 e. The highest BCUT2D eigenvalue weighted by molar-refractivity contribution is 6.08. The molecule has 1 aliphatic carbocycles. The summed E-state index contributed by atoms with van der Waals surface area (Å²) >= 11 is 0. The van der Waals surface area contributed by atoms with E-state index in [4.69, 9.17) is 23.7 Å². The number of imide groups is 1. The predicted octanol–water partition coefficient (Wildman–Crippen LogP) is 5.00. The Kier molecular flexibility index (Phi) is 9.96. The van der Waals surface area contributed by atoms with Gasteiger partial charge in [-0.05, 0) is 74.1 Å². The molecule has 0 aromatic carbocycles. The Labute approximate surface area is 233 Å². The van der Waals surface area contributed by atoms with Crippen molar-refractivity contribution in [1.82, 2.24) is 19.9 Å². The van der Waals surface area contributed by atoms with Gasteiger partial charge in [0.05, 0.1) is 6.20 Å². The first-order valence-corrected chi connectivity index (χ1v) is 13.3. The van der Waals surface area contributed by atoms with Crippen LogP contribution < -0.4 is 9.64 Å². The minimum Gasteiger partial charge on any atom is -0.473 e. The number of aromatic nitrogens is 4. The molecule has 0 N–H and O–H groups in total. The normalized spacial score (nSPS) is 15.4. The van der Waals surface area contributed by atoms with Crippen LogP contribution >= 0.6 is 0 Å². The molecule has 13 heteroatoms. The van der Waals surface area contributed by atoms with Crippen molar-refractivity contribution in [3.8, 4) is 5.88 Å². The smallest absolute Gasteiger partial charge is 0.427 e. The SMILES string of the molecule is COCO[C@@H](C)C(=O)c1cnc2nc(N(C(=O)OC(C)(C)C)C(=O)OC(C)(C)C)nc(OC3CCCCC3)c2n1. The van der Waals surface area contributed by atoms with Crippen LogP contribution in [0.3, 0.4) is 0 Å². The van der Waals surface area contributed by atoms with Crippen LogP contribution in [0.25, 0.3) is 11.2 Å². The molecule has 0 aliphatic heterocycles. The average Bonchev–Trinajstić information content (AvgIpc) is 2.85. The standard InChI is InChI=1S/C27H39N5O8/c1-16(37-15-36-8)20(33)18-14-28-21-19(29-18)22(38-17-12-10-9-11-13-17)31-23(30-21)32(24(34)39-26(2,3)4)25(35)40-27(5,6)7/h14,16-17H,9-13,15H2,1-8H3/t16-/m0/s1. The summed E-state index contributed by atoms with van der Waals surface area (Å²) in [4.78, 5) is 57.4. The van der Waals surface area contributed by atoms with Crippen molar-refractivity contribution < 1.29 is 38.1 Å². The van der Waals surface area contributed by atoms with Gasteiger partial charge in [-0.2, -0.15) is 9.97 Å². The molecule has 0 saturated heterocycles. The predicted molar refractivity (Wildman–Crippen MR) is 144 cm³/mol. The van der Waals surface area contributed by atoms with E-state index in [2.05, 4.69) is 19.9 Å². The average molecular weight is 562 g/mol. The Morgan fingerprint density at radius 3 is 2.10 bits per heavy atom. The number of anilines is 1. The molecule has 0 radical (unpaired) electrons. The summed E-state index contributed by atoms with van der Waals surface area (Å²) in [5.41, 5.74) is -1.72. The Balaban J connectivity index is 2.13. The number of rotatable bonds is 8. The molecule has 1 fully saturated rings. The number of ether oxygens (including phenoxy) is 5. The van der Waals surface area contributed by atoms with Gasteiger partial charge in [0.15, 0.2) is 11.2 Å².